The number of carbonyl (C=O) groups is 1. The van der Waals surface area contributed by atoms with Crippen LogP contribution in [0.15, 0.2) is 0 Å². The average Bonchev–Trinajstić information content (AvgIpc) is 2.86. The van der Waals surface area contributed by atoms with Gasteiger partial charge < -0.3 is 10.0 Å². The van der Waals surface area contributed by atoms with E-state index in [1.165, 1.54) is 11.5 Å². The van der Waals surface area contributed by atoms with Gasteiger partial charge >= 0.3 is 5.97 Å². The quantitative estimate of drug-likeness (QED) is 0.869. The predicted octanol–water partition coefficient (Wildman–Crippen LogP) is 2.57. The van der Waals surface area contributed by atoms with Gasteiger partial charge in [0.1, 0.15) is 5.82 Å². The Morgan fingerprint density at radius 2 is 2.21 bits per heavy atom. The summed E-state index contributed by atoms with van der Waals surface area (Å²) in [5.74, 6) is 0.821. The van der Waals surface area contributed by atoms with Gasteiger partial charge in [0.15, 0.2) is 0 Å². The van der Waals surface area contributed by atoms with Crippen molar-refractivity contribution in [3.63, 3.8) is 0 Å². The number of hydrogen-bond donors (Lipinski definition) is 1. The normalized spacial score (nSPS) is 16.8. The SMILES string of the molecule is CCCc1nsc(N2CCC(CCC(=O)O)CC2)n1. The molecule has 2 heterocycles. The van der Waals surface area contributed by atoms with E-state index >= 15 is 0 Å². The molecule has 1 fully saturated rings. The Morgan fingerprint density at radius 1 is 1.47 bits per heavy atom. The molecule has 1 aromatic heterocycles. The van der Waals surface area contributed by atoms with Crippen LogP contribution in [0.4, 0.5) is 5.13 Å². The Hall–Kier alpha value is -1.17. The zero-order chi connectivity index (χ0) is 13.7. The molecule has 5 nitrogen and oxygen atoms in total. The van der Waals surface area contributed by atoms with Gasteiger partial charge in [0.25, 0.3) is 0 Å². The molecule has 0 radical (unpaired) electrons. The van der Waals surface area contributed by atoms with Crippen LogP contribution in [0.1, 0.15) is 44.9 Å². The number of carboxylic acids is 1. The number of hydrogen-bond acceptors (Lipinski definition) is 5. The molecule has 6 heteroatoms. The van der Waals surface area contributed by atoms with Crippen LogP contribution < -0.4 is 4.90 Å². The maximum Gasteiger partial charge on any atom is 0.303 e. The number of piperidine rings is 1. The maximum atomic E-state index is 10.6. The number of nitrogens with zero attached hydrogens (tertiary/aromatic N) is 3. The summed E-state index contributed by atoms with van der Waals surface area (Å²) in [6.07, 6.45) is 5.26. The molecule has 0 unspecified atom stereocenters. The summed E-state index contributed by atoms with van der Waals surface area (Å²) >= 11 is 1.49. The standard InChI is InChI=1S/C13H21N3O2S/c1-2-3-11-14-13(19-15-11)16-8-6-10(7-9-16)4-5-12(17)18/h10H,2-9H2,1H3,(H,17,18). The van der Waals surface area contributed by atoms with Crippen molar-refractivity contribution in [2.24, 2.45) is 5.92 Å². The first-order chi connectivity index (χ1) is 9.19. The number of carboxylic acid groups (broad SMARTS) is 1. The van der Waals surface area contributed by atoms with Gasteiger partial charge in [-0.25, -0.2) is 4.98 Å². The van der Waals surface area contributed by atoms with Crippen molar-refractivity contribution < 1.29 is 9.90 Å². The second kappa shape index (κ2) is 6.84. The molecule has 0 aromatic carbocycles. The van der Waals surface area contributed by atoms with Crippen LogP contribution in [0.5, 0.6) is 0 Å². The van der Waals surface area contributed by atoms with Gasteiger partial charge in [-0.05, 0) is 31.6 Å². The van der Waals surface area contributed by atoms with Crippen LogP contribution in [0, 0.1) is 5.92 Å². The summed E-state index contributed by atoms with van der Waals surface area (Å²) in [4.78, 5) is 17.4. The number of aryl methyl sites for hydroxylation is 1. The highest BCUT2D eigenvalue weighted by Crippen LogP contribution is 2.27. The van der Waals surface area contributed by atoms with E-state index < -0.39 is 5.97 Å². The van der Waals surface area contributed by atoms with Gasteiger partial charge in [0.2, 0.25) is 5.13 Å². The lowest BCUT2D eigenvalue weighted by molar-refractivity contribution is -0.137. The van der Waals surface area contributed by atoms with E-state index in [2.05, 4.69) is 21.2 Å². The Bertz CT molecular complexity index is 414. The zero-order valence-electron chi connectivity index (χ0n) is 11.3. The Balaban J connectivity index is 1.80. The van der Waals surface area contributed by atoms with Crippen LogP contribution in [-0.4, -0.2) is 33.5 Å². The van der Waals surface area contributed by atoms with Crippen molar-refractivity contribution in [2.75, 3.05) is 18.0 Å². The van der Waals surface area contributed by atoms with E-state index in [0.29, 0.717) is 12.3 Å². The highest BCUT2D eigenvalue weighted by Gasteiger charge is 2.22. The molecule has 106 valence electrons. The number of aromatic nitrogens is 2. The first-order valence-electron chi connectivity index (χ1n) is 6.98. The van der Waals surface area contributed by atoms with Crippen LogP contribution in [-0.2, 0) is 11.2 Å². The van der Waals surface area contributed by atoms with E-state index in [1.807, 2.05) is 0 Å². The molecule has 1 saturated heterocycles. The summed E-state index contributed by atoms with van der Waals surface area (Å²) in [6.45, 7) is 4.09. The third-order valence-corrected chi connectivity index (χ3v) is 4.40. The number of aliphatic carboxylic acids is 1. The fourth-order valence-corrected chi connectivity index (χ4v) is 3.20. The van der Waals surface area contributed by atoms with Gasteiger partial charge in [-0.1, -0.05) is 6.92 Å². The highest BCUT2D eigenvalue weighted by molar-refractivity contribution is 7.09. The van der Waals surface area contributed by atoms with E-state index in [-0.39, 0.29) is 0 Å². The van der Waals surface area contributed by atoms with Gasteiger partial charge in [0, 0.05) is 37.5 Å². The molecular formula is C13H21N3O2S. The maximum absolute atomic E-state index is 10.6. The second-order valence-corrected chi connectivity index (χ2v) is 5.84. The van der Waals surface area contributed by atoms with E-state index in [4.69, 9.17) is 5.11 Å². The minimum absolute atomic E-state index is 0.296. The fraction of sp³-hybridized carbons (Fsp3) is 0.769. The van der Waals surface area contributed by atoms with Crippen molar-refractivity contribution in [3.05, 3.63) is 5.82 Å². The summed E-state index contributed by atoms with van der Waals surface area (Å²) in [5, 5.41) is 9.73. The van der Waals surface area contributed by atoms with Crippen molar-refractivity contribution in [2.45, 2.75) is 45.4 Å². The van der Waals surface area contributed by atoms with Crippen molar-refractivity contribution in [3.8, 4) is 0 Å². The first kappa shape index (κ1) is 14.2. The second-order valence-electron chi connectivity index (χ2n) is 5.11. The van der Waals surface area contributed by atoms with Crippen molar-refractivity contribution in [1.82, 2.24) is 9.36 Å². The van der Waals surface area contributed by atoms with Gasteiger partial charge in [-0.3, -0.25) is 4.79 Å². The van der Waals surface area contributed by atoms with E-state index in [1.54, 1.807) is 0 Å². The summed E-state index contributed by atoms with van der Waals surface area (Å²) in [7, 11) is 0. The van der Waals surface area contributed by atoms with Crippen molar-refractivity contribution in [1.29, 1.82) is 0 Å². The molecule has 0 spiro atoms. The van der Waals surface area contributed by atoms with Crippen LogP contribution in [0.25, 0.3) is 0 Å². The lowest BCUT2D eigenvalue weighted by atomic mass is 9.92. The molecule has 0 aliphatic carbocycles. The molecule has 0 atom stereocenters. The molecule has 1 aromatic rings. The summed E-state index contributed by atoms with van der Waals surface area (Å²) < 4.78 is 4.37. The van der Waals surface area contributed by atoms with Crippen molar-refractivity contribution >= 4 is 22.6 Å². The molecule has 0 saturated carbocycles. The Labute approximate surface area is 117 Å². The molecule has 2 rings (SSSR count). The van der Waals surface area contributed by atoms with Crippen LogP contribution in [0.2, 0.25) is 0 Å². The largest absolute Gasteiger partial charge is 0.481 e. The minimum Gasteiger partial charge on any atom is -0.481 e. The third kappa shape index (κ3) is 4.16. The molecule has 1 N–H and O–H groups in total. The Kier molecular flexibility index (Phi) is 5.13. The summed E-state index contributed by atoms with van der Waals surface area (Å²) in [5.41, 5.74) is 0. The highest BCUT2D eigenvalue weighted by atomic mass is 32.1. The van der Waals surface area contributed by atoms with Crippen LogP contribution >= 0.6 is 11.5 Å². The fourth-order valence-electron chi connectivity index (χ4n) is 2.44. The molecule has 0 amide bonds. The first-order valence-corrected chi connectivity index (χ1v) is 7.75. The number of rotatable bonds is 6. The van der Waals surface area contributed by atoms with Crippen LogP contribution in [0.3, 0.4) is 0 Å². The van der Waals surface area contributed by atoms with Gasteiger partial charge in [0.05, 0.1) is 0 Å². The third-order valence-electron chi connectivity index (χ3n) is 3.58. The minimum atomic E-state index is -0.684. The smallest absolute Gasteiger partial charge is 0.303 e. The van der Waals surface area contributed by atoms with E-state index in [0.717, 1.165) is 56.1 Å². The lowest BCUT2D eigenvalue weighted by Crippen LogP contribution is -2.33. The van der Waals surface area contributed by atoms with E-state index in [9.17, 15) is 4.79 Å². The zero-order valence-corrected chi connectivity index (χ0v) is 12.2. The lowest BCUT2D eigenvalue weighted by Gasteiger charge is -2.31. The molecular weight excluding hydrogens is 262 g/mol. The molecule has 1 aliphatic heterocycles. The predicted molar refractivity (Wildman–Crippen MR) is 75.7 cm³/mol. The van der Waals surface area contributed by atoms with Gasteiger partial charge in [-0.2, -0.15) is 4.37 Å². The summed E-state index contributed by atoms with van der Waals surface area (Å²) in [6, 6.07) is 0. The number of anilines is 1. The average molecular weight is 283 g/mol. The Morgan fingerprint density at radius 3 is 2.84 bits per heavy atom. The molecule has 19 heavy (non-hydrogen) atoms. The molecule has 1 aliphatic rings. The van der Waals surface area contributed by atoms with Gasteiger partial charge in [-0.15, -0.1) is 0 Å². The topological polar surface area (TPSA) is 66.3 Å². The monoisotopic (exact) mass is 283 g/mol. The molecule has 0 bridgehead atoms.